The summed E-state index contributed by atoms with van der Waals surface area (Å²) in [6.07, 6.45) is 1.70. The fourth-order valence-electron chi connectivity index (χ4n) is 1.25. The van der Waals surface area contributed by atoms with Crippen LogP contribution < -0.4 is 5.32 Å². The van der Waals surface area contributed by atoms with Gasteiger partial charge < -0.3 is 15.3 Å². The average Bonchev–Trinajstić information content (AvgIpc) is 2.68. The number of likely N-dealkylation sites (N-methyl/N-ethyl adjacent to an activating group) is 1. The number of aliphatic carboxylic acids is 1. The Kier molecular flexibility index (Phi) is 4.89. The number of aryl methyl sites for hydroxylation is 1. The zero-order valence-electron chi connectivity index (χ0n) is 9.77. The van der Waals surface area contributed by atoms with Crippen molar-refractivity contribution in [3.63, 3.8) is 0 Å². The molecule has 0 radical (unpaired) electrons. The van der Waals surface area contributed by atoms with Gasteiger partial charge in [-0.3, -0.25) is 4.79 Å². The van der Waals surface area contributed by atoms with Gasteiger partial charge in [0, 0.05) is 17.6 Å². The van der Waals surface area contributed by atoms with Gasteiger partial charge >= 0.3 is 12.0 Å². The quantitative estimate of drug-likeness (QED) is 0.826. The van der Waals surface area contributed by atoms with Crippen LogP contribution in [0.5, 0.6) is 0 Å². The molecule has 0 bridgehead atoms. The van der Waals surface area contributed by atoms with Crippen molar-refractivity contribution in [2.75, 3.05) is 13.1 Å². The predicted molar refractivity (Wildman–Crippen MR) is 64.0 cm³/mol. The lowest BCUT2D eigenvalue weighted by Gasteiger charge is -2.18. The molecule has 0 atom stereocenters. The molecule has 6 nitrogen and oxygen atoms in total. The zero-order valence-corrected chi connectivity index (χ0v) is 10.6. The summed E-state index contributed by atoms with van der Waals surface area (Å²) in [7, 11) is 0. The number of carboxylic acids is 1. The molecule has 0 saturated carbocycles. The Morgan fingerprint density at radius 1 is 1.59 bits per heavy atom. The van der Waals surface area contributed by atoms with Gasteiger partial charge in [-0.25, -0.2) is 9.78 Å². The fourth-order valence-corrected chi connectivity index (χ4v) is 1.99. The van der Waals surface area contributed by atoms with E-state index in [1.807, 2.05) is 6.92 Å². The maximum atomic E-state index is 11.6. The molecule has 1 aromatic heterocycles. The Morgan fingerprint density at radius 2 is 2.29 bits per heavy atom. The van der Waals surface area contributed by atoms with Crippen molar-refractivity contribution >= 4 is 23.3 Å². The topological polar surface area (TPSA) is 82.5 Å². The van der Waals surface area contributed by atoms with Gasteiger partial charge in [-0.15, -0.1) is 11.3 Å². The molecular formula is C10H15N3O3S. The number of amides is 2. The lowest BCUT2D eigenvalue weighted by atomic mass is 10.5. The van der Waals surface area contributed by atoms with Crippen LogP contribution in [-0.2, 0) is 11.3 Å². The standard InChI is InChI=1S/C10H15N3O3S/c1-3-13(6-9(14)15)10(16)12-5-8-4-11-7(2)17-8/h4H,3,5-6H2,1-2H3,(H,12,16)(H,14,15). The zero-order chi connectivity index (χ0) is 12.8. The number of nitrogens with zero attached hydrogens (tertiary/aromatic N) is 2. The van der Waals surface area contributed by atoms with E-state index in [1.54, 1.807) is 13.1 Å². The van der Waals surface area contributed by atoms with Crippen LogP contribution in [-0.4, -0.2) is 40.1 Å². The van der Waals surface area contributed by atoms with Gasteiger partial charge in [-0.1, -0.05) is 0 Å². The van der Waals surface area contributed by atoms with Crippen molar-refractivity contribution in [1.82, 2.24) is 15.2 Å². The number of rotatable bonds is 5. The van der Waals surface area contributed by atoms with E-state index >= 15 is 0 Å². The van der Waals surface area contributed by atoms with Crippen LogP contribution in [0.3, 0.4) is 0 Å². The van der Waals surface area contributed by atoms with Crippen molar-refractivity contribution in [3.05, 3.63) is 16.1 Å². The SMILES string of the molecule is CCN(CC(=O)O)C(=O)NCc1cnc(C)s1. The van der Waals surface area contributed by atoms with E-state index in [9.17, 15) is 9.59 Å². The van der Waals surface area contributed by atoms with Crippen LogP contribution in [0.4, 0.5) is 4.79 Å². The molecule has 0 aliphatic carbocycles. The third kappa shape index (κ3) is 4.39. The van der Waals surface area contributed by atoms with Gasteiger partial charge in [0.05, 0.1) is 11.6 Å². The highest BCUT2D eigenvalue weighted by Crippen LogP contribution is 2.10. The second-order valence-electron chi connectivity index (χ2n) is 3.41. The molecule has 0 aliphatic heterocycles. The lowest BCUT2D eigenvalue weighted by molar-refractivity contribution is -0.137. The monoisotopic (exact) mass is 257 g/mol. The molecule has 94 valence electrons. The van der Waals surface area contributed by atoms with Gasteiger partial charge in [-0.2, -0.15) is 0 Å². The number of urea groups is 1. The first kappa shape index (κ1) is 13.4. The van der Waals surface area contributed by atoms with Gasteiger partial charge in [-0.05, 0) is 13.8 Å². The minimum atomic E-state index is -1.02. The lowest BCUT2D eigenvalue weighted by Crippen LogP contribution is -2.42. The molecule has 0 unspecified atom stereocenters. The molecule has 0 spiro atoms. The number of hydrogen-bond acceptors (Lipinski definition) is 4. The summed E-state index contributed by atoms with van der Waals surface area (Å²) < 4.78 is 0. The number of thiazole rings is 1. The van der Waals surface area contributed by atoms with E-state index in [2.05, 4.69) is 10.3 Å². The number of carbonyl (C=O) groups is 2. The predicted octanol–water partition coefficient (Wildman–Crippen LogP) is 1.07. The average molecular weight is 257 g/mol. The molecule has 7 heteroatoms. The van der Waals surface area contributed by atoms with Crippen LogP contribution in [0.15, 0.2) is 6.20 Å². The first-order valence-corrected chi connectivity index (χ1v) is 6.00. The maximum Gasteiger partial charge on any atom is 0.323 e. The van der Waals surface area contributed by atoms with Crippen molar-refractivity contribution < 1.29 is 14.7 Å². The normalized spacial score (nSPS) is 10.0. The number of hydrogen-bond donors (Lipinski definition) is 2. The molecule has 0 fully saturated rings. The molecule has 1 rings (SSSR count). The fraction of sp³-hybridized carbons (Fsp3) is 0.500. The summed E-state index contributed by atoms with van der Waals surface area (Å²) in [5.74, 6) is -1.02. The molecule has 2 amide bonds. The largest absolute Gasteiger partial charge is 0.480 e. The van der Waals surface area contributed by atoms with E-state index in [4.69, 9.17) is 5.11 Å². The minimum Gasteiger partial charge on any atom is -0.480 e. The van der Waals surface area contributed by atoms with E-state index in [1.165, 1.54) is 16.2 Å². The molecule has 0 aromatic carbocycles. The van der Waals surface area contributed by atoms with Gasteiger partial charge in [0.25, 0.3) is 0 Å². The van der Waals surface area contributed by atoms with Crippen LogP contribution in [0.1, 0.15) is 16.8 Å². The summed E-state index contributed by atoms with van der Waals surface area (Å²) in [6, 6.07) is -0.374. The highest BCUT2D eigenvalue weighted by atomic mass is 32.1. The van der Waals surface area contributed by atoms with Crippen molar-refractivity contribution in [1.29, 1.82) is 0 Å². The Bertz CT molecular complexity index is 405. The molecule has 17 heavy (non-hydrogen) atoms. The Balaban J connectivity index is 2.44. The smallest absolute Gasteiger partial charge is 0.323 e. The van der Waals surface area contributed by atoms with E-state index < -0.39 is 5.97 Å². The van der Waals surface area contributed by atoms with Crippen LogP contribution in [0.25, 0.3) is 0 Å². The van der Waals surface area contributed by atoms with E-state index in [0.717, 1.165) is 9.88 Å². The van der Waals surface area contributed by atoms with Gasteiger partial charge in [0.1, 0.15) is 6.54 Å². The second kappa shape index (κ2) is 6.19. The minimum absolute atomic E-state index is 0.288. The first-order chi connectivity index (χ1) is 8.02. The third-order valence-electron chi connectivity index (χ3n) is 2.08. The summed E-state index contributed by atoms with van der Waals surface area (Å²) in [4.78, 5) is 28.4. The molecular weight excluding hydrogens is 242 g/mol. The summed E-state index contributed by atoms with van der Waals surface area (Å²) in [5, 5.41) is 12.2. The van der Waals surface area contributed by atoms with Gasteiger partial charge in [0.15, 0.2) is 0 Å². The summed E-state index contributed by atoms with van der Waals surface area (Å²) in [6.45, 7) is 4.07. The number of carbonyl (C=O) groups excluding carboxylic acids is 1. The number of carboxylic acid groups (broad SMARTS) is 1. The number of nitrogens with one attached hydrogen (secondary N) is 1. The molecule has 0 saturated heterocycles. The number of aromatic nitrogens is 1. The Morgan fingerprint density at radius 3 is 2.76 bits per heavy atom. The van der Waals surface area contributed by atoms with Crippen LogP contribution >= 0.6 is 11.3 Å². The molecule has 1 aromatic rings. The highest BCUT2D eigenvalue weighted by molar-refractivity contribution is 7.11. The van der Waals surface area contributed by atoms with Crippen LogP contribution in [0.2, 0.25) is 0 Å². The van der Waals surface area contributed by atoms with Crippen molar-refractivity contribution in [2.24, 2.45) is 0 Å². The highest BCUT2D eigenvalue weighted by Gasteiger charge is 2.14. The van der Waals surface area contributed by atoms with Gasteiger partial charge in [0.2, 0.25) is 0 Å². The van der Waals surface area contributed by atoms with Crippen molar-refractivity contribution in [3.8, 4) is 0 Å². The maximum absolute atomic E-state index is 11.6. The van der Waals surface area contributed by atoms with E-state index in [-0.39, 0.29) is 12.6 Å². The Hall–Kier alpha value is -1.63. The van der Waals surface area contributed by atoms with Crippen molar-refractivity contribution in [2.45, 2.75) is 20.4 Å². The molecule has 0 aliphatic rings. The Labute approximate surface area is 103 Å². The second-order valence-corrected chi connectivity index (χ2v) is 4.73. The molecule has 1 heterocycles. The third-order valence-corrected chi connectivity index (χ3v) is 2.99. The first-order valence-electron chi connectivity index (χ1n) is 5.18. The summed E-state index contributed by atoms with van der Waals surface area (Å²) in [5.41, 5.74) is 0. The summed E-state index contributed by atoms with van der Waals surface area (Å²) >= 11 is 1.50. The van der Waals surface area contributed by atoms with E-state index in [0.29, 0.717) is 13.1 Å². The molecule has 2 N–H and O–H groups in total. The van der Waals surface area contributed by atoms with Crippen LogP contribution in [0, 0.1) is 6.92 Å².